The van der Waals surface area contributed by atoms with Crippen molar-refractivity contribution < 1.29 is 9.90 Å². The van der Waals surface area contributed by atoms with E-state index in [0.717, 1.165) is 40.9 Å². The summed E-state index contributed by atoms with van der Waals surface area (Å²) >= 11 is 0. The first-order chi connectivity index (χ1) is 19.6. The molecule has 0 aromatic heterocycles. The minimum Gasteiger partial charge on any atom is -0.478 e. The van der Waals surface area contributed by atoms with Crippen molar-refractivity contribution in [3.63, 3.8) is 0 Å². The summed E-state index contributed by atoms with van der Waals surface area (Å²) in [5, 5.41) is 12.6. The van der Waals surface area contributed by atoms with E-state index in [4.69, 9.17) is 10.8 Å². The summed E-state index contributed by atoms with van der Waals surface area (Å²) in [5.74, 6) is -0.889. The number of nitrogens with one attached hydrogen (secondary N) is 1. The molecule has 0 amide bonds. The molecule has 0 unspecified atom stereocenters. The average Bonchev–Trinajstić information content (AvgIpc) is 3.00. The van der Waals surface area contributed by atoms with Gasteiger partial charge in [0.1, 0.15) is 0 Å². The third kappa shape index (κ3) is 8.54. The van der Waals surface area contributed by atoms with E-state index in [1.165, 1.54) is 33.4 Å². The standard InChI is InChI=1S/C22H28N2.C15H14O2/c1-15(2)17(4)22-12-21(10-9-16(22)3)18(5)24-14-20-8-6-7-19(11-20)13-23;1-2-11-7-9-12(10-8-11)13-5-3-4-6-14(13)15(16)17/h6-12,24H,5,13-14,23H2,1-4H3;3-10H,2H2,1H3,(H,16,17). The number of carboxylic acids is 1. The van der Waals surface area contributed by atoms with Gasteiger partial charge in [0.2, 0.25) is 0 Å². The van der Waals surface area contributed by atoms with Crippen LogP contribution in [0.3, 0.4) is 0 Å². The largest absolute Gasteiger partial charge is 0.478 e. The van der Waals surface area contributed by atoms with Gasteiger partial charge in [0, 0.05) is 18.8 Å². The molecule has 4 N–H and O–H groups in total. The van der Waals surface area contributed by atoms with Crippen LogP contribution in [0.1, 0.15) is 71.4 Å². The fraction of sp³-hybridized carbons (Fsp3) is 0.216. The number of benzene rings is 4. The van der Waals surface area contributed by atoms with Gasteiger partial charge in [-0.05, 0) is 96.3 Å². The molecular weight excluding hydrogens is 504 g/mol. The summed E-state index contributed by atoms with van der Waals surface area (Å²) in [6.45, 7) is 16.3. The molecule has 0 aliphatic heterocycles. The molecule has 0 bridgehead atoms. The second-order valence-electron chi connectivity index (χ2n) is 10.4. The van der Waals surface area contributed by atoms with E-state index in [9.17, 15) is 4.79 Å². The van der Waals surface area contributed by atoms with Gasteiger partial charge in [0.25, 0.3) is 0 Å². The van der Waals surface area contributed by atoms with E-state index in [1.54, 1.807) is 12.1 Å². The van der Waals surface area contributed by atoms with E-state index in [0.29, 0.717) is 12.1 Å². The van der Waals surface area contributed by atoms with Gasteiger partial charge in [-0.3, -0.25) is 0 Å². The Balaban J connectivity index is 0.000000239. The third-order valence-electron chi connectivity index (χ3n) is 7.30. The van der Waals surface area contributed by atoms with Crippen LogP contribution in [0.25, 0.3) is 22.4 Å². The van der Waals surface area contributed by atoms with Crippen LogP contribution >= 0.6 is 0 Å². The number of hydrogen-bond acceptors (Lipinski definition) is 3. The lowest BCUT2D eigenvalue weighted by molar-refractivity contribution is 0.0697. The molecule has 0 fully saturated rings. The maximum Gasteiger partial charge on any atom is 0.336 e. The Morgan fingerprint density at radius 3 is 2.15 bits per heavy atom. The fourth-order valence-corrected chi connectivity index (χ4v) is 4.50. The van der Waals surface area contributed by atoms with Crippen LogP contribution in [0.2, 0.25) is 0 Å². The topological polar surface area (TPSA) is 75.3 Å². The van der Waals surface area contributed by atoms with Crippen LogP contribution in [0, 0.1) is 6.92 Å². The summed E-state index contributed by atoms with van der Waals surface area (Å²) < 4.78 is 0. The van der Waals surface area contributed by atoms with Crippen molar-refractivity contribution in [2.24, 2.45) is 5.73 Å². The number of aryl methyl sites for hydroxylation is 2. The SMILES string of the molecule is C=C(NCc1cccc(CN)c1)c1ccc(C)c(C(C)=C(C)C)c1.CCc1ccc(-c2ccccc2C(=O)O)cc1. The van der Waals surface area contributed by atoms with Crippen LogP contribution in [0.5, 0.6) is 0 Å². The highest BCUT2D eigenvalue weighted by Crippen LogP contribution is 2.26. The number of carbonyl (C=O) groups is 1. The fourth-order valence-electron chi connectivity index (χ4n) is 4.50. The van der Waals surface area contributed by atoms with E-state index >= 15 is 0 Å². The molecule has 0 radical (unpaired) electrons. The molecule has 4 nitrogen and oxygen atoms in total. The number of nitrogens with two attached hydrogens (primary N) is 1. The van der Waals surface area contributed by atoms with Crippen molar-refractivity contribution >= 4 is 17.2 Å². The number of rotatable bonds is 9. The Morgan fingerprint density at radius 1 is 0.829 bits per heavy atom. The molecule has 0 saturated heterocycles. The molecule has 0 saturated carbocycles. The zero-order chi connectivity index (χ0) is 29.9. The maximum atomic E-state index is 11.1. The minimum absolute atomic E-state index is 0.344. The third-order valence-corrected chi connectivity index (χ3v) is 7.30. The quantitative estimate of drug-likeness (QED) is 0.196. The summed E-state index contributed by atoms with van der Waals surface area (Å²) in [6, 6.07) is 29.9. The highest BCUT2D eigenvalue weighted by atomic mass is 16.4. The Kier molecular flexibility index (Phi) is 11.3. The number of carboxylic acid groups (broad SMARTS) is 1. The van der Waals surface area contributed by atoms with Crippen molar-refractivity contribution in [3.8, 4) is 11.1 Å². The molecule has 4 aromatic carbocycles. The van der Waals surface area contributed by atoms with Crippen LogP contribution in [-0.2, 0) is 19.5 Å². The molecule has 0 spiro atoms. The Morgan fingerprint density at radius 2 is 1.51 bits per heavy atom. The summed E-state index contributed by atoms with van der Waals surface area (Å²) in [4.78, 5) is 11.1. The zero-order valence-electron chi connectivity index (χ0n) is 24.9. The van der Waals surface area contributed by atoms with Gasteiger partial charge in [0.05, 0.1) is 5.56 Å². The first kappa shape index (κ1) is 31.1. The van der Waals surface area contributed by atoms with Gasteiger partial charge < -0.3 is 16.2 Å². The molecule has 4 heteroatoms. The van der Waals surface area contributed by atoms with Gasteiger partial charge in [-0.2, -0.15) is 0 Å². The summed E-state index contributed by atoms with van der Waals surface area (Å²) in [6.07, 6.45) is 0.987. The lowest BCUT2D eigenvalue weighted by atomic mass is 9.95. The maximum absolute atomic E-state index is 11.1. The van der Waals surface area contributed by atoms with Gasteiger partial charge in [-0.15, -0.1) is 0 Å². The second kappa shape index (κ2) is 14.8. The van der Waals surface area contributed by atoms with Crippen molar-refractivity contribution in [1.82, 2.24) is 5.32 Å². The van der Waals surface area contributed by atoms with E-state index < -0.39 is 5.97 Å². The summed E-state index contributed by atoms with van der Waals surface area (Å²) in [7, 11) is 0. The van der Waals surface area contributed by atoms with Crippen LogP contribution < -0.4 is 11.1 Å². The second-order valence-corrected chi connectivity index (χ2v) is 10.4. The number of hydrogen-bond donors (Lipinski definition) is 3. The Bertz CT molecular complexity index is 1530. The van der Waals surface area contributed by atoms with Gasteiger partial charge in [0.15, 0.2) is 0 Å². The van der Waals surface area contributed by atoms with Crippen LogP contribution in [0.15, 0.2) is 103 Å². The van der Waals surface area contributed by atoms with Gasteiger partial charge in [-0.25, -0.2) is 4.79 Å². The number of aromatic carboxylic acids is 1. The lowest BCUT2D eigenvalue weighted by Crippen LogP contribution is -2.11. The van der Waals surface area contributed by atoms with Crippen molar-refractivity contribution in [1.29, 1.82) is 0 Å². The van der Waals surface area contributed by atoms with Gasteiger partial charge in [-0.1, -0.05) is 97.9 Å². The number of allylic oxidation sites excluding steroid dienone is 2. The predicted molar refractivity (Wildman–Crippen MR) is 174 cm³/mol. The Labute approximate surface area is 245 Å². The highest BCUT2D eigenvalue weighted by molar-refractivity contribution is 5.96. The summed E-state index contributed by atoms with van der Waals surface area (Å²) in [5.41, 5.74) is 18.7. The highest BCUT2D eigenvalue weighted by Gasteiger charge is 2.10. The van der Waals surface area contributed by atoms with E-state index in [1.807, 2.05) is 48.5 Å². The van der Waals surface area contributed by atoms with Crippen LogP contribution in [-0.4, -0.2) is 11.1 Å². The molecule has 0 aliphatic carbocycles. The molecule has 0 aliphatic rings. The minimum atomic E-state index is -0.889. The lowest BCUT2D eigenvalue weighted by Gasteiger charge is -2.14. The molecular formula is C37H42N2O2. The molecule has 212 valence electrons. The van der Waals surface area contributed by atoms with Crippen molar-refractivity contribution in [2.45, 2.75) is 54.1 Å². The van der Waals surface area contributed by atoms with Crippen LogP contribution in [0.4, 0.5) is 0 Å². The average molecular weight is 547 g/mol. The molecule has 0 atom stereocenters. The molecule has 0 heterocycles. The first-order valence-electron chi connectivity index (χ1n) is 14.0. The molecule has 41 heavy (non-hydrogen) atoms. The van der Waals surface area contributed by atoms with Crippen molar-refractivity contribution in [3.05, 3.63) is 142 Å². The van der Waals surface area contributed by atoms with E-state index in [2.05, 4.69) is 76.8 Å². The monoisotopic (exact) mass is 546 g/mol. The Hall–Kier alpha value is -4.41. The zero-order valence-corrected chi connectivity index (χ0v) is 24.9. The van der Waals surface area contributed by atoms with Crippen molar-refractivity contribution in [2.75, 3.05) is 0 Å². The molecule has 4 aromatic rings. The molecule has 4 rings (SSSR count). The van der Waals surface area contributed by atoms with E-state index in [-0.39, 0.29) is 0 Å². The normalized spacial score (nSPS) is 10.3. The predicted octanol–water partition coefficient (Wildman–Crippen LogP) is 8.64. The van der Waals surface area contributed by atoms with Gasteiger partial charge >= 0.3 is 5.97 Å². The first-order valence-corrected chi connectivity index (χ1v) is 14.0. The smallest absolute Gasteiger partial charge is 0.336 e.